The van der Waals surface area contributed by atoms with Crippen molar-refractivity contribution in [1.29, 1.82) is 0 Å². The van der Waals surface area contributed by atoms with Crippen LogP contribution in [0.4, 0.5) is 5.82 Å². The van der Waals surface area contributed by atoms with Crippen molar-refractivity contribution in [2.24, 2.45) is 0 Å². The van der Waals surface area contributed by atoms with E-state index in [9.17, 15) is 10.2 Å². The zero-order valence-electron chi connectivity index (χ0n) is 14.6. The van der Waals surface area contributed by atoms with Crippen LogP contribution in [-0.2, 0) is 6.42 Å². The van der Waals surface area contributed by atoms with Crippen molar-refractivity contribution in [3.8, 4) is 17.0 Å². The van der Waals surface area contributed by atoms with E-state index in [2.05, 4.69) is 9.97 Å². The topological polar surface area (TPSA) is 110 Å². The number of phenolic OH excluding ortho intramolecular Hbond substituents is 1. The Kier molecular flexibility index (Phi) is 3.75. The lowest BCUT2D eigenvalue weighted by Crippen LogP contribution is -2.16. The largest absolute Gasteiger partial charge is 0.506 e. The molecule has 28 heavy (non-hydrogen) atoms. The fourth-order valence-electron chi connectivity index (χ4n) is 3.86. The van der Waals surface area contributed by atoms with Gasteiger partial charge in [-0.3, -0.25) is 0 Å². The first-order valence-corrected chi connectivity index (χ1v) is 9.16. The van der Waals surface area contributed by atoms with Crippen LogP contribution in [0.15, 0.2) is 48.8 Å². The molecule has 0 spiro atoms. The van der Waals surface area contributed by atoms with Gasteiger partial charge in [-0.2, -0.15) is 5.10 Å². The molecular formula is C20H16ClN5O2. The number of phenols is 1. The lowest BCUT2D eigenvalue weighted by Gasteiger charge is -2.16. The molecule has 0 saturated carbocycles. The molecule has 2 heterocycles. The van der Waals surface area contributed by atoms with Gasteiger partial charge in [0.15, 0.2) is 5.65 Å². The van der Waals surface area contributed by atoms with E-state index >= 15 is 0 Å². The molecule has 8 heteroatoms. The number of nitrogens with two attached hydrogens (primary N) is 1. The van der Waals surface area contributed by atoms with Crippen LogP contribution in [0, 0.1) is 0 Å². The highest BCUT2D eigenvalue weighted by Crippen LogP contribution is 2.42. The van der Waals surface area contributed by atoms with Crippen molar-refractivity contribution < 1.29 is 10.2 Å². The Morgan fingerprint density at radius 3 is 2.75 bits per heavy atom. The van der Waals surface area contributed by atoms with E-state index in [1.54, 1.807) is 16.8 Å². The van der Waals surface area contributed by atoms with Crippen LogP contribution in [-0.4, -0.2) is 30.0 Å². The molecule has 4 aromatic rings. The highest BCUT2D eigenvalue weighted by molar-refractivity contribution is 6.32. The Morgan fingerprint density at radius 2 is 1.96 bits per heavy atom. The molecule has 0 amide bonds. The number of anilines is 1. The maximum atomic E-state index is 10.9. The molecule has 2 unspecified atom stereocenters. The molecule has 0 saturated heterocycles. The number of rotatable bonds is 2. The van der Waals surface area contributed by atoms with Crippen LogP contribution in [0.5, 0.6) is 5.75 Å². The maximum Gasteiger partial charge on any atom is 0.164 e. The molecule has 5 rings (SSSR count). The zero-order chi connectivity index (χ0) is 19.4. The molecule has 0 bridgehead atoms. The number of hydrogen-bond donors (Lipinski definition) is 3. The smallest absolute Gasteiger partial charge is 0.164 e. The summed E-state index contributed by atoms with van der Waals surface area (Å²) in [5.41, 5.74) is 9.81. The molecule has 2 aromatic heterocycles. The SMILES string of the molecule is Nc1ncnc2c1c(-c1ccc(Cl)c(O)c1)nn2C1Cc2ccccc2C1O. The summed E-state index contributed by atoms with van der Waals surface area (Å²) in [7, 11) is 0. The fraction of sp³-hybridized carbons (Fsp3) is 0.150. The summed E-state index contributed by atoms with van der Waals surface area (Å²) in [6.45, 7) is 0. The predicted molar refractivity (Wildman–Crippen MR) is 106 cm³/mol. The van der Waals surface area contributed by atoms with E-state index in [0.717, 1.165) is 11.1 Å². The van der Waals surface area contributed by atoms with Crippen molar-refractivity contribution >= 4 is 28.5 Å². The molecule has 2 atom stereocenters. The normalized spacial score (nSPS) is 18.5. The number of nitrogen functional groups attached to an aromatic ring is 1. The summed E-state index contributed by atoms with van der Waals surface area (Å²) in [6.07, 6.45) is 1.30. The van der Waals surface area contributed by atoms with Crippen molar-refractivity contribution in [3.63, 3.8) is 0 Å². The zero-order valence-corrected chi connectivity index (χ0v) is 15.4. The molecule has 1 aliphatic rings. The second kappa shape index (κ2) is 6.19. The molecule has 2 aromatic carbocycles. The highest BCUT2D eigenvalue weighted by Gasteiger charge is 2.35. The maximum absolute atomic E-state index is 10.9. The van der Waals surface area contributed by atoms with E-state index in [0.29, 0.717) is 28.7 Å². The minimum Gasteiger partial charge on any atom is -0.506 e. The first-order chi connectivity index (χ1) is 13.5. The van der Waals surface area contributed by atoms with Gasteiger partial charge in [0.05, 0.1) is 16.5 Å². The van der Waals surface area contributed by atoms with E-state index in [1.165, 1.54) is 12.4 Å². The van der Waals surface area contributed by atoms with Gasteiger partial charge in [0.1, 0.15) is 29.7 Å². The number of aliphatic hydroxyl groups excluding tert-OH is 1. The van der Waals surface area contributed by atoms with Crippen LogP contribution in [0.3, 0.4) is 0 Å². The molecule has 140 valence electrons. The monoisotopic (exact) mass is 393 g/mol. The Hall–Kier alpha value is -3.16. The number of benzene rings is 2. The Bertz CT molecular complexity index is 1220. The van der Waals surface area contributed by atoms with Crippen LogP contribution in [0.2, 0.25) is 5.02 Å². The van der Waals surface area contributed by atoms with E-state index in [1.807, 2.05) is 24.3 Å². The minimum absolute atomic E-state index is 0.0504. The molecule has 0 radical (unpaired) electrons. The number of halogens is 1. The molecule has 4 N–H and O–H groups in total. The average Bonchev–Trinajstić information content (AvgIpc) is 3.23. The predicted octanol–water partition coefficient (Wildman–Crippen LogP) is 3.27. The molecule has 0 aliphatic heterocycles. The average molecular weight is 394 g/mol. The van der Waals surface area contributed by atoms with Crippen molar-refractivity contribution in [1.82, 2.24) is 19.7 Å². The van der Waals surface area contributed by atoms with Gasteiger partial charge < -0.3 is 15.9 Å². The van der Waals surface area contributed by atoms with Gasteiger partial charge in [0, 0.05) is 5.56 Å². The number of fused-ring (bicyclic) bond motifs is 2. The Labute approximate surface area is 165 Å². The van der Waals surface area contributed by atoms with Gasteiger partial charge in [-0.25, -0.2) is 14.6 Å². The van der Waals surface area contributed by atoms with E-state index in [4.69, 9.17) is 22.4 Å². The summed E-state index contributed by atoms with van der Waals surface area (Å²) in [5, 5.41) is 26.5. The summed E-state index contributed by atoms with van der Waals surface area (Å²) >= 11 is 5.94. The van der Waals surface area contributed by atoms with Gasteiger partial charge in [-0.15, -0.1) is 0 Å². The van der Waals surface area contributed by atoms with Crippen LogP contribution in [0.1, 0.15) is 23.3 Å². The van der Waals surface area contributed by atoms with Crippen molar-refractivity contribution in [3.05, 3.63) is 64.9 Å². The number of aromatic nitrogens is 4. The van der Waals surface area contributed by atoms with Gasteiger partial charge in [0.25, 0.3) is 0 Å². The Balaban J connectivity index is 1.71. The fourth-order valence-corrected chi connectivity index (χ4v) is 3.98. The summed E-state index contributed by atoms with van der Waals surface area (Å²) in [5.74, 6) is 0.233. The minimum atomic E-state index is -0.707. The second-order valence-electron chi connectivity index (χ2n) is 6.83. The number of aromatic hydroxyl groups is 1. The molecule has 7 nitrogen and oxygen atoms in total. The molecule has 0 fully saturated rings. The van der Waals surface area contributed by atoms with Gasteiger partial charge in [0.2, 0.25) is 0 Å². The lowest BCUT2D eigenvalue weighted by molar-refractivity contribution is 0.123. The third-order valence-corrected chi connectivity index (χ3v) is 5.54. The first-order valence-electron chi connectivity index (χ1n) is 8.78. The lowest BCUT2D eigenvalue weighted by atomic mass is 10.1. The molecule has 1 aliphatic carbocycles. The third kappa shape index (κ3) is 2.44. The number of nitrogens with zero attached hydrogens (tertiary/aromatic N) is 4. The highest BCUT2D eigenvalue weighted by atomic mass is 35.5. The van der Waals surface area contributed by atoms with Gasteiger partial charge in [-0.1, -0.05) is 41.9 Å². The van der Waals surface area contributed by atoms with Crippen LogP contribution >= 0.6 is 11.6 Å². The third-order valence-electron chi connectivity index (χ3n) is 5.22. The van der Waals surface area contributed by atoms with Crippen molar-refractivity contribution in [2.45, 2.75) is 18.6 Å². The summed E-state index contributed by atoms with van der Waals surface area (Å²) in [4.78, 5) is 8.47. The Morgan fingerprint density at radius 1 is 1.14 bits per heavy atom. The van der Waals surface area contributed by atoms with E-state index < -0.39 is 6.10 Å². The second-order valence-corrected chi connectivity index (χ2v) is 7.24. The van der Waals surface area contributed by atoms with E-state index in [-0.39, 0.29) is 22.6 Å². The first kappa shape index (κ1) is 17.0. The van der Waals surface area contributed by atoms with Crippen LogP contribution < -0.4 is 5.73 Å². The van der Waals surface area contributed by atoms with Gasteiger partial charge >= 0.3 is 0 Å². The van der Waals surface area contributed by atoms with Crippen LogP contribution in [0.25, 0.3) is 22.3 Å². The van der Waals surface area contributed by atoms with Crippen molar-refractivity contribution in [2.75, 3.05) is 5.73 Å². The standard InChI is InChI=1S/C20H16ClN5O2/c21-13-6-5-11(8-15(13)27)17-16-19(22)23-9-24-20(16)26(25-17)14-7-10-3-1-2-4-12(10)18(14)28/h1-6,8-9,14,18,27-28H,7H2,(H2,22,23,24). The van der Waals surface area contributed by atoms with Gasteiger partial charge in [-0.05, 0) is 29.7 Å². The number of aliphatic hydroxyl groups is 1. The summed E-state index contributed by atoms with van der Waals surface area (Å²) in [6, 6.07) is 12.4. The summed E-state index contributed by atoms with van der Waals surface area (Å²) < 4.78 is 1.71. The number of hydrogen-bond acceptors (Lipinski definition) is 6. The quantitative estimate of drug-likeness (QED) is 0.482. The molecular weight excluding hydrogens is 378 g/mol.